The van der Waals surface area contributed by atoms with Crippen molar-refractivity contribution in [1.29, 1.82) is 0 Å². The molecule has 0 saturated carbocycles. The average Bonchev–Trinajstić information content (AvgIpc) is 2.56. The first-order valence-electron chi connectivity index (χ1n) is 4.73. The number of nitrogens with one attached hydrogen (secondary N) is 1. The van der Waals surface area contributed by atoms with E-state index in [4.69, 9.17) is 5.11 Å². The van der Waals surface area contributed by atoms with Crippen molar-refractivity contribution in [3.8, 4) is 0 Å². The summed E-state index contributed by atoms with van der Waals surface area (Å²) >= 11 is 0. The van der Waals surface area contributed by atoms with E-state index >= 15 is 0 Å². The average molecular weight is 191 g/mol. The van der Waals surface area contributed by atoms with Crippen molar-refractivity contribution in [2.24, 2.45) is 0 Å². The molecule has 0 heterocycles. The van der Waals surface area contributed by atoms with Gasteiger partial charge in [-0.2, -0.15) is 0 Å². The summed E-state index contributed by atoms with van der Waals surface area (Å²) in [6.07, 6.45) is 0.658. The first-order chi connectivity index (χ1) is 6.74. The minimum absolute atomic E-state index is 0.187. The van der Waals surface area contributed by atoms with Gasteiger partial charge in [-0.1, -0.05) is 24.3 Å². The van der Waals surface area contributed by atoms with Crippen LogP contribution in [0.4, 0.5) is 0 Å². The zero-order valence-corrected chi connectivity index (χ0v) is 8.03. The third-order valence-corrected chi connectivity index (χ3v) is 2.86. The summed E-state index contributed by atoms with van der Waals surface area (Å²) < 4.78 is 0. The molecule has 3 nitrogen and oxygen atoms in total. The molecule has 0 amide bonds. The van der Waals surface area contributed by atoms with Gasteiger partial charge in [0, 0.05) is 6.04 Å². The van der Waals surface area contributed by atoms with Crippen LogP contribution >= 0.6 is 0 Å². The van der Waals surface area contributed by atoms with Crippen LogP contribution in [0, 0.1) is 0 Å². The summed E-state index contributed by atoms with van der Waals surface area (Å²) in [5.41, 5.74) is 2.08. The Balaban J connectivity index is 2.43. The lowest BCUT2D eigenvalue weighted by Crippen LogP contribution is -2.14. The van der Waals surface area contributed by atoms with E-state index in [1.807, 2.05) is 31.3 Å². The molecular weight excluding hydrogens is 178 g/mol. The number of hydrogen-bond acceptors (Lipinski definition) is 2. The molecule has 3 heteroatoms. The van der Waals surface area contributed by atoms with Crippen molar-refractivity contribution in [3.05, 3.63) is 35.4 Å². The number of rotatable bonds is 2. The maximum atomic E-state index is 11.0. The van der Waals surface area contributed by atoms with E-state index in [2.05, 4.69) is 5.32 Å². The Morgan fingerprint density at radius 2 is 2.07 bits per heavy atom. The van der Waals surface area contributed by atoms with E-state index in [1.165, 1.54) is 0 Å². The van der Waals surface area contributed by atoms with Gasteiger partial charge < -0.3 is 10.4 Å². The second-order valence-corrected chi connectivity index (χ2v) is 3.60. The van der Waals surface area contributed by atoms with E-state index in [-0.39, 0.29) is 12.0 Å². The molecule has 14 heavy (non-hydrogen) atoms. The number of hydrogen-bond donors (Lipinski definition) is 2. The highest BCUT2D eigenvalue weighted by atomic mass is 16.4. The van der Waals surface area contributed by atoms with Gasteiger partial charge in [-0.05, 0) is 24.6 Å². The highest BCUT2D eigenvalue weighted by Crippen LogP contribution is 2.39. The van der Waals surface area contributed by atoms with Crippen LogP contribution in [0.5, 0.6) is 0 Å². The van der Waals surface area contributed by atoms with E-state index in [0.29, 0.717) is 6.42 Å². The predicted molar refractivity (Wildman–Crippen MR) is 53.2 cm³/mol. The predicted octanol–water partition coefficient (Wildman–Crippen LogP) is 1.52. The van der Waals surface area contributed by atoms with Crippen LogP contribution < -0.4 is 5.32 Å². The van der Waals surface area contributed by atoms with Gasteiger partial charge in [0.25, 0.3) is 0 Å². The fourth-order valence-corrected chi connectivity index (χ4v) is 2.14. The molecule has 2 atom stereocenters. The fraction of sp³-hybridized carbons (Fsp3) is 0.364. The van der Waals surface area contributed by atoms with Crippen LogP contribution in [0.15, 0.2) is 24.3 Å². The van der Waals surface area contributed by atoms with E-state index in [1.54, 1.807) is 0 Å². The quantitative estimate of drug-likeness (QED) is 0.745. The second kappa shape index (κ2) is 3.42. The van der Waals surface area contributed by atoms with Crippen molar-refractivity contribution in [1.82, 2.24) is 5.32 Å². The summed E-state index contributed by atoms with van der Waals surface area (Å²) in [6.45, 7) is 0. The second-order valence-electron chi connectivity index (χ2n) is 3.60. The van der Waals surface area contributed by atoms with Gasteiger partial charge in [0.15, 0.2) is 0 Å². The Hall–Kier alpha value is -1.35. The van der Waals surface area contributed by atoms with Crippen LogP contribution in [0.3, 0.4) is 0 Å². The van der Waals surface area contributed by atoms with Crippen LogP contribution in [-0.2, 0) is 4.79 Å². The molecule has 0 unspecified atom stereocenters. The van der Waals surface area contributed by atoms with Crippen LogP contribution in [0.2, 0.25) is 0 Å². The van der Waals surface area contributed by atoms with Gasteiger partial charge in [-0.25, -0.2) is 0 Å². The van der Waals surface area contributed by atoms with Gasteiger partial charge in [-0.3, -0.25) is 4.79 Å². The first kappa shape index (κ1) is 9.21. The molecule has 0 aliphatic heterocycles. The summed E-state index contributed by atoms with van der Waals surface area (Å²) in [5.74, 6) is -1.07. The number of aliphatic carboxylic acids is 1. The molecule has 1 aliphatic rings. The Morgan fingerprint density at radius 1 is 1.43 bits per heavy atom. The first-order valence-corrected chi connectivity index (χ1v) is 4.73. The minimum Gasteiger partial charge on any atom is -0.481 e. The van der Waals surface area contributed by atoms with Gasteiger partial charge in [0.05, 0.1) is 5.92 Å². The largest absolute Gasteiger partial charge is 0.481 e. The molecule has 0 bridgehead atoms. The standard InChI is InChI=1S/C11H13NO2/c1-12-10-6-9(11(13)14)7-4-2-3-5-8(7)10/h2-5,9-10,12H,6H2,1H3,(H,13,14)/t9-,10+/m0/s1. The van der Waals surface area contributed by atoms with Crippen LogP contribution in [0.1, 0.15) is 29.5 Å². The zero-order chi connectivity index (χ0) is 10.1. The van der Waals surface area contributed by atoms with Crippen molar-refractivity contribution >= 4 is 5.97 Å². The Bertz CT molecular complexity index is 362. The molecule has 1 aromatic carbocycles. The van der Waals surface area contributed by atoms with Gasteiger partial charge >= 0.3 is 5.97 Å². The number of benzene rings is 1. The molecule has 0 saturated heterocycles. The number of fused-ring (bicyclic) bond motifs is 1. The Kier molecular flexibility index (Phi) is 2.25. The highest BCUT2D eigenvalue weighted by Gasteiger charge is 2.33. The molecule has 0 fully saturated rings. The van der Waals surface area contributed by atoms with Crippen molar-refractivity contribution in [3.63, 3.8) is 0 Å². The van der Waals surface area contributed by atoms with Crippen LogP contribution in [-0.4, -0.2) is 18.1 Å². The molecule has 2 rings (SSSR count). The Labute approximate surface area is 82.8 Å². The summed E-state index contributed by atoms with van der Waals surface area (Å²) in [5, 5.41) is 12.2. The number of carboxylic acids is 1. The maximum absolute atomic E-state index is 11.0. The van der Waals surface area contributed by atoms with E-state index < -0.39 is 5.97 Å². The van der Waals surface area contributed by atoms with Crippen molar-refractivity contribution < 1.29 is 9.90 Å². The normalized spacial score (nSPS) is 24.6. The smallest absolute Gasteiger partial charge is 0.311 e. The number of carboxylic acid groups (broad SMARTS) is 1. The lowest BCUT2D eigenvalue weighted by Gasteiger charge is -2.08. The van der Waals surface area contributed by atoms with E-state index in [9.17, 15) is 4.79 Å². The lowest BCUT2D eigenvalue weighted by atomic mass is 10.0. The molecule has 0 aromatic heterocycles. The monoisotopic (exact) mass is 191 g/mol. The highest BCUT2D eigenvalue weighted by molar-refractivity contribution is 5.78. The maximum Gasteiger partial charge on any atom is 0.311 e. The summed E-state index contributed by atoms with van der Waals surface area (Å²) in [6, 6.07) is 7.94. The lowest BCUT2D eigenvalue weighted by molar-refractivity contribution is -0.138. The van der Waals surface area contributed by atoms with Crippen molar-refractivity contribution in [2.75, 3.05) is 7.05 Å². The van der Waals surface area contributed by atoms with Gasteiger partial charge in [0.1, 0.15) is 0 Å². The van der Waals surface area contributed by atoms with Crippen molar-refractivity contribution in [2.45, 2.75) is 18.4 Å². The summed E-state index contributed by atoms with van der Waals surface area (Å²) in [4.78, 5) is 11.0. The topological polar surface area (TPSA) is 49.3 Å². The third-order valence-electron chi connectivity index (χ3n) is 2.86. The Morgan fingerprint density at radius 3 is 2.64 bits per heavy atom. The van der Waals surface area contributed by atoms with Gasteiger partial charge in [-0.15, -0.1) is 0 Å². The van der Waals surface area contributed by atoms with Gasteiger partial charge in [0.2, 0.25) is 0 Å². The molecular formula is C11H13NO2. The molecule has 2 N–H and O–H groups in total. The molecule has 1 aliphatic carbocycles. The molecule has 0 spiro atoms. The molecule has 74 valence electrons. The molecule has 1 aromatic rings. The minimum atomic E-state index is -0.727. The van der Waals surface area contributed by atoms with E-state index in [0.717, 1.165) is 11.1 Å². The number of carbonyl (C=O) groups is 1. The molecule has 0 radical (unpaired) electrons. The zero-order valence-electron chi connectivity index (χ0n) is 8.03. The SMILES string of the molecule is CN[C@@H]1C[C@H](C(=O)O)c2ccccc21. The third kappa shape index (κ3) is 1.30. The van der Waals surface area contributed by atoms with Crippen LogP contribution in [0.25, 0.3) is 0 Å². The fourth-order valence-electron chi connectivity index (χ4n) is 2.14. The summed E-state index contributed by atoms with van der Waals surface area (Å²) in [7, 11) is 1.87.